The molecule has 1 aromatic carbocycles. The molecule has 0 N–H and O–H groups in total. The first-order valence-electron chi connectivity index (χ1n) is 5.21. The molecule has 0 bridgehead atoms. The van der Waals surface area contributed by atoms with Crippen LogP contribution in [-0.2, 0) is 4.79 Å². The fourth-order valence-corrected chi connectivity index (χ4v) is 1.33. The summed E-state index contributed by atoms with van der Waals surface area (Å²) in [4.78, 5) is 10.2. The monoisotopic (exact) mass is 220 g/mol. The number of carbonyl (C=O) groups is 1. The number of allylic oxidation sites excluding steroid dienone is 1. The summed E-state index contributed by atoms with van der Waals surface area (Å²) < 4.78 is 10.4. The van der Waals surface area contributed by atoms with Crippen molar-refractivity contribution in [3.8, 4) is 11.5 Å². The van der Waals surface area contributed by atoms with Gasteiger partial charge in [0.2, 0.25) is 0 Å². The smallest absolute Gasteiger partial charge is 0.298 e. The van der Waals surface area contributed by atoms with Gasteiger partial charge in [-0.25, -0.2) is 0 Å². The normalized spacial score (nSPS) is 10.8. The summed E-state index contributed by atoms with van der Waals surface area (Å²) in [7, 11) is 0. The Morgan fingerprint density at radius 1 is 1.31 bits per heavy atom. The van der Waals surface area contributed by atoms with Gasteiger partial charge in [0, 0.05) is 5.56 Å². The predicted octanol–water partition coefficient (Wildman–Crippen LogP) is 3.04. The Labute approximate surface area is 95.7 Å². The minimum atomic E-state index is 0.113. The lowest BCUT2D eigenvalue weighted by molar-refractivity contribution is -0.120. The third-order valence-corrected chi connectivity index (χ3v) is 1.87. The molecule has 0 saturated carbocycles. The van der Waals surface area contributed by atoms with Crippen LogP contribution in [0.1, 0.15) is 26.3 Å². The maximum Gasteiger partial charge on any atom is 0.298 e. The summed E-state index contributed by atoms with van der Waals surface area (Å²) in [5.74, 6) is 1.30. The zero-order chi connectivity index (χ0) is 12.0. The summed E-state index contributed by atoms with van der Waals surface area (Å²) >= 11 is 0. The fraction of sp³-hybridized carbons (Fsp3) is 0.308. The topological polar surface area (TPSA) is 35.5 Å². The highest BCUT2D eigenvalue weighted by Gasteiger charge is 2.05. The van der Waals surface area contributed by atoms with Crippen molar-refractivity contribution in [2.75, 3.05) is 0 Å². The Morgan fingerprint density at radius 3 is 2.62 bits per heavy atom. The third-order valence-electron chi connectivity index (χ3n) is 1.87. The zero-order valence-electron chi connectivity index (χ0n) is 9.77. The number of hydrogen-bond acceptors (Lipinski definition) is 3. The molecule has 0 fully saturated rings. The molecule has 0 spiro atoms. The second-order valence-corrected chi connectivity index (χ2v) is 3.58. The van der Waals surface area contributed by atoms with Crippen LogP contribution in [0.25, 0.3) is 6.08 Å². The lowest BCUT2D eigenvalue weighted by Gasteiger charge is -2.13. The average molecular weight is 220 g/mol. The van der Waals surface area contributed by atoms with Crippen molar-refractivity contribution in [1.82, 2.24) is 0 Å². The lowest BCUT2D eigenvalue weighted by atomic mass is 10.1. The van der Waals surface area contributed by atoms with Crippen LogP contribution in [0.15, 0.2) is 24.3 Å². The maximum absolute atomic E-state index is 10.2. The Bertz CT molecular complexity index is 381. The van der Waals surface area contributed by atoms with Gasteiger partial charge in [-0.1, -0.05) is 12.2 Å². The first-order chi connectivity index (χ1) is 7.67. The van der Waals surface area contributed by atoms with Crippen LogP contribution in [0.2, 0.25) is 0 Å². The molecule has 3 nitrogen and oxygen atoms in total. The van der Waals surface area contributed by atoms with E-state index in [2.05, 4.69) is 0 Å². The van der Waals surface area contributed by atoms with Gasteiger partial charge in [-0.15, -0.1) is 0 Å². The molecule has 3 heteroatoms. The maximum atomic E-state index is 10.2. The molecule has 86 valence electrons. The molecule has 0 aromatic heterocycles. The van der Waals surface area contributed by atoms with Gasteiger partial charge in [-0.2, -0.15) is 0 Å². The highest BCUT2D eigenvalue weighted by Crippen LogP contribution is 2.26. The van der Waals surface area contributed by atoms with Gasteiger partial charge in [-0.05, 0) is 39.0 Å². The van der Waals surface area contributed by atoms with E-state index in [1.165, 1.54) is 0 Å². The Hall–Kier alpha value is -1.77. The highest BCUT2D eigenvalue weighted by molar-refractivity contribution is 5.60. The Morgan fingerprint density at radius 2 is 2.06 bits per heavy atom. The first-order valence-corrected chi connectivity index (χ1v) is 5.21. The van der Waals surface area contributed by atoms with Crippen molar-refractivity contribution in [3.05, 3.63) is 29.8 Å². The molecule has 0 amide bonds. The van der Waals surface area contributed by atoms with Crippen LogP contribution in [-0.4, -0.2) is 12.6 Å². The van der Waals surface area contributed by atoms with Crippen LogP contribution < -0.4 is 9.47 Å². The van der Waals surface area contributed by atoms with E-state index in [-0.39, 0.29) is 6.10 Å². The minimum Gasteiger partial charge on any atom is -0.490 e. The molecule has 16 heavy (non-hydrogen) atoms. The van der Waals surface area contributed by atoms with Crippen molar-refractivity contribution >= 4 is 12.5 Å². The molecule has 1 rings (SSSR count). The molecule has 0 atom stereocenters. The molecule has 0 heterocycles. The van der Waals surface area contributed by atoms with Gasteiger partial charge in [0.05, 0.1) is 6.10 Å². The minimum absolute atomic E-state index is 0.113. The first kappa shape index (κ1) is 12.3. The summed E-state index contributed by atoms with van der Waals surface area (Å²) in [6.07, 6.45) is 3.93. The van der Waals surface area contributed by atoms with Crippen LogP contribution in [0.3, 0.4) is 0 Å². The quantitative estimate of drug-likeness (QED) is 0.715. The fourth-order valence-electron chi connectivity index (χ4n) is 1.33. The number of hydrogen-bond donors (Lipinski definition) is 0. The third kappa shape index (κ3) is 3.42. The van der Waals surface area contributed by atoms with Crippen molar-refractivity contribution in [2.24, 2.45) is 0 Å². The van der Waals surface area contributed by atoms with E-state index in [0.29, 0.717) is 12.2 Å². The van der Waals surface area contributed by atoms with Gasteiger partial charge in [0.25, 0.3) is 6.47 Å². The van der Waals surface area contributed by atoms with Gasteiger partial charge in [0.1, 0.15) is 11.5 Å². The van der Waals surface area contributed by atoms with Crippen molar-refractivity contribution in [1.29, 1.82) is 0 Å². The molecule has 0 radical (unpaired) electrons. The van der Waals surface area contributed by atoms with Crippen LogP contribution in [0, 0.1) is 0 Å². The van der Waals surface area contributed by atoms with Gasteiger partial charge < -0.3 is 9.47 Å². The number of carbonyl (C=O) groups excluding carboxylic acids is 1. The van der Waals surface area contributed by atoms with Gasteiger partial charge in [0.15, 0.2) is 0 Å². The van der Waals surface area contributed by atoms with E-state index in [1.807, 2.05) is 32.9 Å². The SMILES string of the molecule is CC=Cc1cc(OC=O)ccc1OC(C)C. The van der Waals surface area contributed by atoms with Crippen LogP contribution >= 0.6 is 0 Å². The van der Waals surface area contributed by atoms with Gasteiger partial charge >= 0.3 is 0 Å². The van der Waals surface area contributed by atoms with Gasteiger partial charge in [-0.3, -0.25) is 4.79 Å². The number of ether oxygens (including phenoxy) is 2. The molecule has 0 aliphatic rings. The van der Waals surface area contributed by atoms with Crippen molar-refractivity contribution in [3.63, 3.8) is 0 Å². The standard InChI is InChI=1S/C13H16O3/c1-4-5-11-8-12(15-9-14)6-7-13(11)16-10(2)3/h4-10H,1-3H3. The Kier molecular flexibility index (Phi) is 4.58. The Balaban J connectivity index is 3.03. The van der Waals surface area contributed by atoms with E-state index in [1.54, 1.807) is 18.2 Å². The average Bonchev–Trinajstić information content (AvgIpc) is 2.22. The predicted molar refractivity (Wildman–Crippen MR) is 63.6 cm³/mol. The molecule has 0 unspecified atom stereocenters. The summed E-state index contributed by atoms with van der Waals surface area (Å²) in [6, 6.07) is 5.28. The molecule has 0 aliphatic heterocycles. The van der Waals surface area contributed by atoms with Crippen LogP contribution in [0.4, 0.5) is 0 Å². The molecule has 1 aromatic rings. The van der Waals surface area contributed by atoms with E-state index >= 15 is 0 Å². The highest BCUT2D eigenvalue weighted by atomic mass is 16.5. The molecule has 0 saturated heterocycles. The van der Waals surface area contributed by atoms with Crippen molar-refractivity contribution in [2.45, 2.75) is 26.9 Å². The van der Waals surface area contributed by atoms with E-state index in [9.17, 15) is 4.79 Å². The summed E-state index contributed by atoms with van der Waals surface area (Å²) in [5, 5.41) is 0. The summed E-state index contributed by atoms with van der Waals surface area (Å²) in [6.45, 7) is 6.27. The molecular formula is C13H16O3. The second-order valence-electron chi connectivity index (χ2n) is 3.58. The summed E-state index contributed by atoms with van der Waals surface area (Å²) in [5.41, 5.74) is 0.899. The van der Waals surface area contributed by atoms with E-state index in [4.69, 9.17) is 9.47 Å². The zero-order valence-corrected chi connectivity index (χ0v) is 9.77. The van der Waals surface area contributed by atoms with E-state index in [0.717, 1.165) is 11.3 Å². The molecule has 0 aliphatic carbocycles. The number of rotatable bonds is 5. The van der Waals surface area contributed by atoms with E-state index < -0.39 is 0 Å². The second kappa shape index (κ2) is 5.95. The largest absolute Gasteiger partial charge is 0.490 e. The lowest BCUT2D eigenvalue weighted by Crippen LogP contribution is -2.06. The van der Waals surface area contributed by atoms with Crippen LogP contribution in [0.5, 0.6) is 11.5 Å². The molecular weight excluding hydrogens is 204 g/mol. The number of benzene rings is 1. The van der Waals surface area contributed by atoms with Crippen molar-refractivity contribution < 1.29 is 14.3 Å².